The fraction of sp³-hybridized carbons (Fsp3) is 0.385. The molecule has 2 N–H and O–H groups in total. The van der Waals surface area contributed by atoms with Gasteiger partial charge in [-0.05, 0) is 32.9 Å². The molecule has 1 atom stereocenters. The molecule has 0 aromatic carbocycles. The van der Waals surface area contributed by atoms with E-state index in [4.69, 9.17) is 4.52 Å². The van der Waals surface area contributed by atoms with E-state index < -0.39 is 16.1 Å². The van der Waals surface area contributed by atoms with Gasteiger partial charge in [0, 0.05) is 24.8 Å². The van der Waals surface area contributed by atoms with E-state index in [0.717, 1.165) is 5.56 Å². The lowest BCUT2D eigenvalue weighted by Crippen LogP contribution is -2.28. The number of pyridine rings is 1. The second kappa shape index (κ2) is 5.82. The van der Waals surface area contributed by atoms with Crippen LogP contribution in [0.5, 0.6) is 0 Å². The maximum Gasteiger partial charge on any atom is 0.244 e. The van der Waals surface area contributed by atoms with Gasteiger partial charge in [-0.15, -0.1) is 0 Å². The van der Waals surface area contributed by atoms with Crippen LogP contribution in [0.1, 0.15) is 30.0 Å². The van der Waals surface area contributed by atoms with Crippen LogP contribution in [0.2, 0.25) is 0 Å². The lowest BCUT2D eigenvalue weighted by molar-refractivity contribution is 0.391. The van der Waals surface area contributed by atoms with E-state index in [0.29, 0.717) is 17.3 Å². The minimum absolute atomic E-state index is 0.103. The predicted octanol–water partition coefficient (Wildman–Crippen LogP) is 1.77. The first-order valence-corrected chi connectivity index (χ1v) is 7.93. The average Bonchev–Trinajstić information content (AvgIpc) is 2.77. The molecule has 7 nitrogen and oxygen atoms in total. The van der Waals surface area contributed by atoms with Gasteiger partial charge in [-0.3, -0.25) is 0 Å². The molecule has 2 rings (SSSR count). The molecule has 0 bridgehead atoms. The van der Waals surface area contributed by atoms with Crippen LogP contribution < -0.4 is 10.0 Å². The average molecular weight is 310 g/mol. The topological polar surface area (TPSA) is 97.1 Å². The van der Waals surface area contributed by atoms with Gasteiger partial charge in [-0.25, -0.2) is 18.1 Å². The van der Waals surface area contributed by atoms with Gasteiger partial charge in [0.2, 0.25) is 10.0 Å². The summed E-state index contributed by atoms with van der Waals surface area (Å²) in [6, 6.07) is 2.63. The first kappa shape index (κ1) is 15.5. The molecule has 0 saturated carbocycles. The molecule has 0 aliphatic heterocycles. The summed E-state index contributed by atoms with van der Waals surface area (Å²) in [4.78, 5) is 4.11. The zero-order valence-corrected chi connectivity index (χ0v) is 13.2. The molecular formula is C13H18N4O3S. The van der Waals surface area contributed by atoms with Crippen LogP contribution in [0.4, 0.5) is 5.82 Å². The van der Waals surface area contributed by atoms with Gasteiger partial charge in [0.1, 0.15) is 16.5 Å². The molecule has 2 aromatic rings. The monoisotopic (exact) mass is 310 g/mol. The number of rotatable bonds is 5. The zero-order chi connectivity index (χ0) is 15.6. The van der Waals surface area contributed by atoms with Crippen molar-refractivity contribution in [2.45, 2.75) is 31.7 Å². The number of nitrogens with one attached hydrogen (secondary N) is 2. The highest BCUT2D eigenvalue weighted by Crippen LogP contribution is 2.24. The summed E-state index contributed by atoms with van der Waals surface area (Å²) >= 11 is 0. The van der Waals surface area contributed by atoms with Gasteiger partial charge in [0.15, 0.2) is 0 Å². The summed E-state index contributed by atoms with van der Waals surface area (Å²) in [7, 11) is -2.08. The van der Waals surface area contributed by atoms with Crippen LogP contribution in [0.15, 0.2) is 27.7 Å². The largest absolute Gasteiger partial charge is 0.372 e. The number of anilines is 1. The molecular weight excluding hydrogens is 292 g/mol. The Balaban J connectivity index is 2.34. The van der Waals surface area contributed by atoms with E-state index in [-0.39, 0.29) is 4.90 Å². The van der Waals surface area contributed by atoms with Crippen molar-refractivity contribution >= 4 is 15.8 Å². The Labute approximate surface area is 123 Å². The summed E-state index contributed by atoms with van der Waals surface area (Å²) in [5, 5.41) is 6.61. The van der Waals surface area contributed by atoms with E-state index in [1.807, 2.05) is 0 Å². The van der Waals surface area contributed by atoms with Crippen molar-refractivity contribution in [3.63, 3.8) is 0 Å². The highest BCUT2D eigenvalue weighted by molar-refractivity contribution is 7.89. The van der Waals surface area contributed by atoms with E-state index in [2.05, 4.69) is 20.2 Å². The van der Waals surface area contributed by atoms with E-state index in [1.165, 1.54) is 12.3 Å². The molecule has 2 heterocycles. The molecule has 1 unspecified atom stereocenters. The third kappa shape index (κ3) is 3.06. The lowest BCUT2D eigenvalue weighted by Gasteiger charge is -2.15. The van der Waals surface area contributed by atoms with Gasteiger partial charge in [0.25, 0.3) is 0 Å². The second-order valence-corrected chi connectivity index (χ2v) is 6.36. The van der Waals surface area contributed by atoms with Gasteiger partial charge >= 0.3 is 0 Å². The quantitative estimate of drug-likeness (QED) is 0.873. The highest BCUT2D eigenvalue weighted by Gasteiger charge is 2.25. The summed E-state index contributed by atoms with van der Waals surface area (Å²) in [5.74, 6) is 0.902. The van der Waals surface area contributed by atoms with Crippen molar-refractivity contribution in [3.8, 4) is 0 Å². The molecule has 0 aliphatic rings. The molecule has 0 aliphatic carbocycles. The van der Waals surface area contributed by atoms with Crippen molar-refractivity contribution < 1.29 is 12.9 Å². The van der Waals surface area contributed by atoms with Crippen molar-refractivity contribution in [1.29, 1.82) is 0 Å². The minimum Gasteiger partial charge on any atom is -0.372 e. The van der Waals surface area contributed by atoms with Crippen LogP contribution in [-0.2, 0) is 10.0 Å². The number of sulfonamides is 1. The zero-order valence-electron chi connectivity index (χ0n) is 12.3. The molecule has 2 aromatic heterocycles. The SMILES string of the molecule is CNc1ncccc1S(=O)(=O)NC(C)c1c(C)noc1C. The third-order valence-electron chi connectivity index (χ3n) is 3.15. The molecule has 8 heteroatoms. The van der Waals surface area contributed by atoms with Crippen LogP contribution in [-0.4, -0.2) is 25.6 Å². The van der Waals surface area contributed by atoms with E-state index >= 15 is 0 Å². The Morgan fingerprint density at radius 3 is 2.62 bits per heavy atom. The lowest BCUT2D eigenvalue weighted by atomic mass is 10.1. The van der Waals surface area contributed by atoms with Crippen molar-refractivity contribution in [2.75, 3.05) is 12.4 Å². The van der Waals surface area contributed by atoms with Crippen molar-refractivity contribution in [3.05, 3.63) is 35.3 Å². The Kier molecular flexibility index (Phi) is 4.29. The maximum absolute atomic E-state index is 12.5. The Bertz CT molecular complexity index is 720. The van der Waals surface area contributed by atoms with Crippen LogP contribution in [0, 0.1) is 13.8 Å². The van der Waals surface area contributed by atoms with Crippen LogP contribution in [0.25, 0.3) is 0 Å². The molecule has 0 spiro atoms. The number of hydrogen-bond donors (Lipinski definition) is 2. The third-order valence-corrected chi connectivity index (χ3v) is 4.72. The first-order chi connectivity index (χ1) is 9.86. The van der Waals surface area contributed by atoms with E-state index in [1.54, 1.807) is 33.9 Å². The molecule has 0 fully saturated rings. The molecule has 21 heavy (non-hydrogen) atoms. The van der Waals surface area contributed by atoms with Gasteiger partial charge in [0.05, 0.1) is 5.69 Å². The number of nitrogens with zero attached hydrogens (tertiary/aromatic N) is 2. The molecule has 114 valence electrons. The summed E-state index contributed by atoms with van der Waals surface area (Å²) in [6.07, 6.45) is 1.53. The maximum atomic E-state index is 12.5. The van der Waals surface area contributed by atoms with Crippen LogP contribution >= 0.6 is 0 Å². The second-order valence-electron chi connectivity index (χ2n) is 4.68. The van der Waals surface area contributed by atoms with Gasteiger partial charge in [-0.2, -0.15) is 0 Å². The number of aryl methyl sites for hydroxylation is 2. The molecule has 0 radical (unpaired) electrons. The van der Waals surface area contributed by atoms with Crippen LogP contribution in [0.3, 0.4) is 0 Å². The van der Waals surface area contributed by atoms with Crippen molar-refractivity contribution in [2.24, 2.45) is 0 Å². The van der Waals surface area contributed by atoms with E-state index in [9.17, 15) is 8.42 Å². The number of aromatic nitrogens is 2. The summed E-state index contributed by atoms with van der Waals surface area (Å²) in [5.41, 5.74) is 1.41. The predicted molar refractivity (Wildman–Crippen MR) is 78.5 cm³/mol. The smallest absolute Gasteiger partial charge is 0.244 e. The number of hydrogen-bond acceptors (Lipinski definition) is 6. The normalized spacial score (nSPS) is 13.1. The Hall–Kier alpha value is -1.93. The van der Waals surface area contributed by atoms with Gasteiger partial charge < -0.3 is 9.84 Å². The summed E-state index contributed by atoms with van der Waals surface area (Å²) < 4.78 is 32.7. The van der Waals surface area contributed by atoms with Gasteiger partial charge in [-0.1, -0.05) is 5.16 Å². The Morgan fingerprint density at radius 1 is 1.33 bits per heavy atom. The Morgan fingerprint density at radius 2 is 2.05 bits per heavy atom. The van der Waals surface area contributed by atoms with Crippen molar-refractivity contribution in [1.82, 2.24) is 14.9 Å². The summed E-state index contributed by atoms with van der Waals surface area (Å²) in [6.45, 7) is 5.28. The standard InChI is InChI=1S/C13H18N4O3S/c1-8-12(10(3)20-16-8)9(2)17-21(18,19)11-6-5-7-15-13(11)14-4/h5-7,9,17H,1-4H3,(H,14,15). The highest BCUT2D eigenvalue weighted by atomic mass is 32.2. The fourth-order valence-electron chi connectivity index (χ4n) is 2.26. The first-order valence-electron chi connectivity index (χ1n) is 6.44. The fourth-order valence-corrected chi connectivity index (χ4v) is 3.64. The molecule has 0 saturated heterocycles. The minimum atomic E-state index is -3.71. The molecule has 0 amide bonds.